The minimum atomic E-state index is -0.399. The van der Waals surface area contributed by atoms with Gasteiger partial charge in [-0.05, 0) is 24.6 Å². The second-order valence-electron chi connectivity index (χ2n) is 7.73. The Morgan fingerprint density at radius 2 is 1.32 bits per heavy atom. The number of carbonyl (C=O) groups excluding carboxylic acids is 1. The van der Waals surface area contributed by atoms with Crippen molar-refractivity contribution in [3.05, 3.63) is 29.3 Å². The van der Waals surface area contributed by atoms with Gasteiger partial charge in [0, 0.05) is 5.56 Å². The zero-order valence-electron chi connectivity index (χ0n) is 17.8. The molecule has 1 aromatic carbocycles. The largest absolute Gasteiger partial charge is 0.508 e. The van der Waals surface area contributed by atoms with Crippen LogP contribution >= 0.6 is 0 Å². The molecule has 0 radical (unpaired) electrons. The maximum atomic E-state index is 12.0. The van der Waals surface area contributed by atoms with E-state index in [9.17, 15) is 9.90 Å². The Morgan fingerprint density at radius 3 is 1.82 bits per heavy atom. The van der Waals surface area contributed by atoms with Crippen LogP contribution in [0.5, 0.6) is 5.75 Å². The Bertz CT molecular complexity index is 527. The number of aliphatic hydroxyl groups is 1. The maximum absolute atomic E-state index is 12.0. The van der Waals surface area contributed by atoms with Gasteiger partial charge in [0.05, 0.1) is 18.8 Å². The first-order chi connectivity index (χ1) is 13.7. The summed E-state index contributed by atoms with van der Waals surface area (Å²) in [7, 11) is 0. The van der Waals surface area contributed by atoms with Gasteiger partial charge in [-0.1, -0.05) is 90.4 Å². The molecule has 0 aliphatic rings. The van der Waals surface area contributed by atoms with Crippen LogP contribution in [0.25, 0.3) is 0 Å². The van der Waals surface area contributed by atoms with Crippen molar-refractivity contribution in [1.29, 1.82) is 0 Å². The van der Waals surface area contributed by atoms with E-state index in [2.05, 4.69) is 6.92 Å². The summed E-state index contributed by atoms with van der Waals surface area (Å²) in [6.07, 6.45) is 18.2. The first-order valence-electron chi connectivity index (χ1n) is 11.3. The fourth-order valence-electron chi connectivity index (χ4n) is 3.38. The third-order valence-corrected chi connectivity index (χ3v) is 5.22. The summed E-state index contributed by atoms with van der Waals surface area (Å²) in [6, 6.07) is 4.40. The van der Waals surface area contributed by atoms with Crippen molar-refractivity contribution < 1.29 is 19.7 Å². The standard InChI is InChI=1S/C24H40O4/c1-2-3-4-5-6-7-8-9-10-11-12-13-14-15-18-28-24(27)21-16-17-23(26)22(19-21)20-25/h16-17,19,25-26H,2-15,18,20H2,1H3. The number of rotatable bonds is 17. The third-order valence-electron chi connectivity index (χ3n) is 5.22. The summed E-state index contributed by atoms with van der Waals surface area (Å²) in [5.41, 5.74) is 0.707. The average molecular weight is 393 g/mol. The summed E-state index contributed by atoms with van der Waals surface area (Å²) in [5.74, 6) is -0.407. The molecule has 4 nitrogen and oxygen atoms in total. The molecule has 0 amide bonds. The molecule has 0 saturated heterocycles. The molecule has 160 valence electrons. The molecule has 0 aliphatic heterocycles. The summed E-state index contributed by atoms with van der Waals surface area (Å²) < 4.78 is 5.27. The van der Waals surface area contributed by atoms with E-state index in [1.807, 2.05) is 0 Å². The lowest BCUT2D eigenvalue weighted by molar-refractivity contribution is 0.0497. The van der Waals surface area contributed by atoms with Crippen molar-refractivity contribution in [3.8, 4) is 5.75 Å². The fourth-order valence-corrected chi connectivity index (χ4v) is 3.38. The van der Waals surface area contributed by atoms with Crippen molar-refractivity contribution >= 4 is 5.97 Å². The Kier molecular flexibility index (Phi) is 14.4. The van der Waals surface area contributed by atoms with Gasteiger partial charge in [0.25, 0.3) is 0 Å². The molecule has 1 rings (SSSR count). The van der Waals surface area contributed by atoms with Gasteiger partial charge in [0.1, 0.15) is 5.75 Å². The Morgan fingerprint density at radius 1 is 0.821 bits per heavy atom. The summed E-state index contributed by atoms with van der Waals surface area (Å²) in [6.45, 7) is 2.39. The second kappa shape index (κ2) is 16.4. The highest BCUT2D eigenvalue weighted by atomic mass is 16.5. The molecular weight excluding hydrogens is 352 g/mol. The fraction of sp³-hybridized carbons (Fsp3) is 0.708. The van der Waals surface area contributed by atoms with Gasteiger partial charge in [-0.15, -0.1) is 0 Å². The molecule has 1 aromatic rings. The van der Waals surface area contributed by atoms with Gasteiger partial charge in [-0.3, -0.25) is 0 Å². The highest BCUT2D eigenvalue weighted by Gasteiger charge is 2.10. The van der Waals surface area contributed by atoms with Crippen LogP contribution < -0.4 is 0 Å². The Labute approximate surface area is 171 Å². The first-order valence-corrected chi connectivity index (χ1v) is 11.3. The zero-order valence-corrected chi connectivity index (χ0v) is 17.8. The lowest BCUT2D eigenvalue weighted by atomic mass is 10.0. The lowest BCUT2D eigenvalue weighted by Gasteiger charge is -2.07. The average Bonchev–Trinajstić information content (AvgIpc) is 2.71. The highest BCUT2D eigenvalue weighted by Crippen LogP contribution is 2.19. The van der Waals surface area contributed by atoms with E-state index in [-0.39, 0.29) is 12.4 Å². The van der Waals surface area contributed by atoms with Gasteiger partial charge in [-0.2, -0.15) is 0 Å². The molecule has 2 N–H and O–H groups in total. The molecule has 0 aromatic heterocycles. The number of aromatic hydroxyl groups is 1. The molecule has 0 spiro atoms. The van der Waals surface area contributed by atoms with Crippen LogP contribution in [0.2, 0.25) is 0 Å². The van der Waals surface area contributed by atoms with E-state index in [0.29, 0.717) is 17.7 Å². The van der Waals surface area contributed by atoms with E-state index in [4.69, 9.17) is 9.84 Å². The van der Waals surface area contributed by atoms with Crippen molar-refractivity contribution in [3.63, 3.8) is 0 Å². The van der Waals surface area contributed by atoms with Gasteiger partial charge in [0.2, 0.25) is 0 Å². The third kappa shape index (κ3) is 11.3. The van der Waals surface area contributed by atoms with E-state index in [0.717, 1.165) is 12.8 Å². The number of esters is 1. The molecule has 0 atom stereocenters. The number of benzene rings is 1. The van der Waals surface area contributed by atoms with Crippen molar-refractivity contribution in [2.24, 2.45) is 0 Å². The highest BCUT2D eigenvalue weighted by molar-refractivity contribution is 5.89. The minimum Gasteiger partial charge on any atom is -0.508 e. The summed E-state index contributed by atoms with van der Waals surface area (Å²) in [5, 5.41) is 18.7. The number of carbonyl (C=O) groups is 1. The number of hydrogen-bond acceptors (Lipinski definition) is 4. The van der Waals surface area contributed by atoms with Crippen LogP contribution in [0.4, 0.5) is 0 Å². The van der Waals surface area contributed by atoms with E-state index in [1.165, 1.54) is 95.2 Å². The SMILES string of the molecule is CCCCCCCCCCCCCCCCOC(=O)c1ccc(O)c(CO)c1. The molecule has 4 heteroatoms. The second-order valence-corrected chi connectivity index (χ2v) is 7.73. The van der Waals surface area contributed by atoms with Crippen molar-refractivity contribution in [2.75, 3.05) is 6.61 Å². The topological polar surface area (TPSA) is 66.8 Å². The Hall–Kier alpha value is -1.55. The lowest BCUT2D eigenvalue weighted by Crippen LogP contribution is -2.07. The van der Waals surface area contributed by atoms with Crippen molar-refractivity contribution in [1.82, 2.24) is 0 Å². The molecule has 28 heavy (non-hydrogen) atoms. The Balaban J connectivity index is 1.92. The van der Waals surface area contributed by atoms with Gasteiger partial charge >= 0.3 is 5.97 Å². The predicted molar refractivity (Wildman–Crippen MR) is 115 cm³/mol. The van der Waals surface area contributed by atoms with Crippen LogP contribution in [0, 0.1) is 0 Å². The van der Waals surface area contributed by atoms with E-state index in [1.54, 1.807) is 0 Å². The van der Waals surface area contributed by atoms with E-state index >= 15 is 0 Å². The molecular formula is C24H40O4. The van der Waals surface area contributed by atoms with Gasteiger partial charge in [-0.25, -0.2) is 4.79 Å². The molecule has 0 aliphatic carbocycles. The van der Waals surface area contributed by atoms with Gasteiger partial charge in [0.15, 0.2) is 0 Å². The number of aliphatic hydroxyl groups excluding tert-OH is 1. The smallest absolute Gasteiger partial charge is 0.338 e. The summed E-state index contributed by atoms with van der Waals surface area (Å²) >= 11 is 0. The molecule has 0 fully saturated rings. The predicted octanol–water partition coefficient (Wildman–Crippen LogP) is 6.52. The van der Waals surface area contributed by atoms with Crippen LogP contribution in [-0.2, 0) is 11.3 Å². The number of ether oxygens (including phenoxy) is 1. The normalized spacial score (nSPS) is 10.9. The summed E-state index contributed by atoms with van der Waals surface area (Å²) in [4.78, 5) is 12.0. The van der Waals surface area contributed by atoms with E-state index < -0.39 is 5.97 Å². The molecule has 0 saturated carbocycles. The maximum Gasteiger partial charge on any atom is 0.338 e. The van der Waals surface area contributed by atoms with Crippen LogP contribution in [0.15, 0.2) is 18.2 Å². The minimum absolute atomic E-state index is 0.00831. The number of hydrogen-bond donors (Lipinski definition) is 2. The first kappa shape index (κ1) is 24.5. The van der Waals surface area contributed by atoms with Crippen molar-refractivity contribution in [2.45, 2.75) is 103 Å². The monoisotopic (exact) mass is 392 g/mol. The van der Waals surface area contributed by atoms with Crippen LogP contribution in [-0.4, -0.2) is 22.8 Å². The quantitative estimate of drug-likeness (QED) is 0.234. The zero-order chi connectivity index (χ0) is 20.5. The molecule has 0 heterocycles. The number of unbranched alkanes of at least 4 members (excludes halogenated alkanes) is 13. The molecule has 0 bridgehead atoms. The van der Waals surface area contributed by atoms with Crippen LogP contribution in [0.1, 0.15) is 113 Å². The van der Waals surface area contributed by atoms with Crippen LogP contribution in [0.3, 0.4) is 0 Å². The molecule has 0 unspecified atom stereocenters. The number of phenols is 1. The van der Waals surface area contributed by atoms with Gasteiger partial charge < -0.3 is 14.9 Å².